The Morgan fingerprint density at radius 3 is 2.79 bits per heavy atom. The molecular weight excluding hydrogens is 196 g/mol. The highest BCUT2D eigenvalue weighted by Gasteiger charge is 2.12. The summed E-state index contributed by atoms with van der Waals surface area (Å²) in [6, 6.07) is 2.49. The molecule has 0 radical (unpaired) electrons. The number of aromatic nitrogens is 1. The molecule has 2 atom stereocenters. The van der Waals surface area contributed by atoms with Crippen LogP contribution in [0.15, 0.2) is 18.5 Å². The van der Waals surface area contributed by atoms with Crippen LogP contribution in [-0.4, -0.2) is 18.1 Å². The summed E-state index contributed by atoms with van der Waals surface area (Å²) in [4.78, 5) is 3.97. The lowest BCUT2D eigenvalue weighted by Gasteiger charge is -2.19. The standard InChI is InChI=1S/C11H17ClN2/c1-8(9(2)13-3)6-10-4-5-14-7-11(10)12/h4-5,7-9,13H,6H2,1-3H3. The molecule has 1 rings (SSSR count). The van der Waals surface area contributed by atoms with Crippen molar-refractivity contribution in [1.82, 2.24) is 10.3 Å². The molecule has 0 bridgehead atoms. The van der Waals surface area contributed by atoms with Gasteiger partial charge in [0.05, 0.1) is 5.02 Å². The maximum absolute atomic E-state index is 6.03. The molecule has 0 saturated carbocycles. The van der Waals surface area contributed by atoms with Crippen molar-refractivity contribution in [2.45, 2.75) is 26.3 Å². The average molecular weight is 213 g/mol. The van der Waals surface area contributed by atoms with E-state index in [1.54, 1.807) is 12.4 Å². The molecule has 0 saturated heterocycles. The maximum Gasteiger partial charge on any atom is 0.0621 e. The Labute approximate surface area is 90.7 Å². The monoisotopic (exact) mass is 212 g/mol. The Morgan fingerprint density at radius 2 is 2.21 bits per heavy atom. The van der Waals surface area contributed by atoms with E-state index in [9.17, 15) is 0 Å². The first-order chi connectivity index (χ1) is 6.65. The van der Waals surface area contributed by atoms with E-state index in [1.807, 2.05) is 13.1 Å². The van der Waals surface area contributed by atoms with Crippen molar-refractivity contribution in [3.63, 3.8) is 0 Å². The zero-order chi connectivity index (χ0) is 10.6. The van der Waals surface area contributed by atoms with E-state index >= 15 is 0 Å². The van der Waals surface area contributed by atoms with Gasteiger partial charge in [-0.1, -0.05) is 18.5 Å². The quantitative estimate of drug-likeness (QED) is 0.830. The lowest BCUT2D eigenvalue weighted by Crippen LogP contribution is -2.29. The molecule has 78 valence electrons. The first-order valence-corrected chi connectivity index (χ1v) is 5.28. The third-order valence-corrected chi connectivity index (χ3v) is 3.05. The van der Waals surface area contributed by atoms with E-state index in [1.165, 1.54) is 5.56 Å². The number of hydrogen-bond donors (Lipinski definition) is 1. The van der Waals surface area contributed by atoms with Gasteiger partial charge in [-0.3, -0.25) is 4.98 Å². The van der Waals surface area contributed by atoms with Crippen LogP contribution in [0, 0.1) is 5.92 Å². The molecule has 0 aromatic carbocycles. The fraction of sp³-hybridized carbons (Fsp3) is 0.545. The highest BCUT2D eigenvalue weighted by molar-refractivity contribution is 6.31. The highest BCUT2D eigenvalue weighted by Crippen LogP contribution is 2.18. The number of rotatable bonds is 4. The number of nitrogens with zero attached hydrogens (tertiary/aromatic N) is 1. The van der Waals surface area contributed by atoms with Crippen molar-refractivity contribution in [2.75, 3.05) is 7.05 Å². The summed E-state index contributed by atoms with van der Waals surface area (Å²) < 4.78 is 0. The van der Waals surface area contributed by atoms with Crippen LogP contribution in [0.1, 0.15) is 19.4 Å². The SMILES string of the molecule is CNC(C)C(C)Cc1ccncc1Cl. The summed E-state index contributed by atoms with van der Waals surface area (Å²) in [6.45, 7) is 4.40. The summed E-state index contributed by atoms with van der Waals surface area (Å²) >= 11 is 6.03. The van der Waals surface area contributed by atoms with Gasteiger partial charge in [0.25, 0.3) is 0 Å². The lowest BCUT2D eigenvalue weighted by molar-refractivity contribution is 0.424. The number of halogens is 1. The fourth-order valence-corrected chi connectivity index (χ4v) is 1.57. The van der Waals surface area contributed by atoms with Gasteiger partial charge in [0.2, 0.25) is 0 Å². The average Bonchev–Trinajstić information content (AvgIpc) is 2.20. The molecule has 3 heteroatoms. The normalized spacial score (nSPS) is 15.1. The Balaban J connectivity index is 2.64. The van der Waals surface area contributed by atoms with Crippen molar-refractivity contribution in [3.8, 4) is 0 Å². The van der Waals surface area contributed by atoms with Gasteiger partial charge in [-0.25, -0.2) is 0 Å². The van der Waals surface area contributed by atoms with Crippen molar-refractivity contribution in [2.24, 2.45) is 5.92 Å². The Morgan fingerprint density at radius 1 is 1.50 bits per heavy atom. The molecule has 1 aromatic rings. The van der Waals surface area contributed by atoms with Crippen LogP contribution in [0.4, 0.5) is 0 Å². The molecule has 2 unspecified atom stereocenters. The third kappa shape index (κ3) is 2.96. The number of nitrogens with one attached hydrogen (secondary N) is 1. The molecule has 1 N–H and O–H groups in total. The minimum atomic E-state index is 0.499. The highest BCUT2D eigenvalue weighted by atomic mass is 35.5. The lowest BCUT2D eigenvalue weighted by atomic mass is 9.96. The number of pyridine rings is 1. The van der Waals surface area contributed by atoms with Crippen molar-refractivity contribution < 1.29 is 0 Å². The second-order valence-electron chi connectivity index (χ2n) is 3.73. The zero-order valence-electron chi connectivity index (χ0n) is 8.92. The Kier molecular flexibility index (Phi) is 4.36. The topological polar surface area (TPSA) is 24.9 Å². The predicted octanol–water partition coefficient (Wildman–Crippen LogP) is 2.52. The summed E-state index contributed by atoms with van der Waals surface area (Å²) in [6.07, 6.45) is 4.48. The van der Waals surface area contributed by atoms with Crippen LogP contribution in [0.3, 0.4) is 0 Å². The van der Waals surface area contributed by atoms with E-state index in [4.69, 9.17) is 11.6 Å². The van der Waals surface area contributed by atoms with E-state index in [0.29, 0.717) is 12.0 Å². The largest absolute Gasteiger partial charge is 0.317 e. The first kappa shape index (κ1) is 11.5. The second-order valence-corrected chi connectivity index (χ2v) is 4.13. The van der Waals surface area contributed by atoms with E-state index in [2.05, 4.69) is 24.1 Å². The van der Waals surface area contributed by atoms with Crippen LogP contribution in [-0.2, 0) is 6.42 Å². The third-order valence-electron chi connectivity index (χ3n) is 2.71. The summed E-state index contributed by atoms with van der Waals surface area (Å²) in [7, 11) is 1.98. The first-order valence-electron chi connectivity index (χ1n) is 4.90. The smallest absolute Gasteiger partial charge is 0.0621 e. The summed E-state index contributed by atoms with van der Waals surface area (Å²) in [5.41, 5.74) is 1.18. The molecular formula is C11H17ClN2. The van der Waals surface area contributed by atoms with Crippen molar-refractivity contribution in [1.29, 1.82) is 0 Å². The van der Waals surface area contributed by atoms with Gasteiger partial charge >= 0.3 is 0 Å². The van der Waals surface area contributed by atoms with Gasteiger partial charge in [0, 0.05) is 18.4 Å². The van der Waals surface area contributed by atoms with Crippen LogP contribution in [0.5, 0.6) is 0 Å². The molecule has 1 aromatic heterocycles. The van der Waals surface area contributed by atoms with Gasteiger partial charge in [0.15, 0.2) is 0 Å². The minimum Gasteiger partial charge on any atom is -0.317 e. The van der Waals surface area contributed by atoms with Crippen molar-refractivity contribution >= 4 is 11.6 Å². The minimum absolute atomic E-state index is 0.499. The van der Waals surface area contributed by atoms with E-state index < -0.39 is 0 Å². The maximum atomic E-state index is 6.03. The Hall–Kier alpha value is -0.600. The molecule has 0 aliphatic rings. The van der Waals surface area contributed by atoms with E-state index in [-0.39, 0.29) is 0 Å². The number of hydrogen-bond acceptors (Lipinski definition) is 2. The molecule has 0 amide bonds. The molecule has 2 nitrogen and oxygen atoms in total. The second kappa shape index (κ2) is 5.32. The van der Waals surface area contributed by atoms with Crippen molar-refractivity contribution in [3.05, 3.63) is 29.0 Å². The van der Waals surface area contributed by atoms with Gasteiger partial charge in [-0.15, -0.1) is 0 Å². The molecule has 0 aliphatic heterocycles. The molecule has 0 aliphatic carbocycles. The molecule has 1 heterocycles. The fourth-order valence-electron chi connectivity index (χ4n) is 1.38. The van der Waals surface area contributed by atoms with Crippen LogP contribution in [0.2, 0.25) is 5.02 Å². The zero-order valence-corrected chi connectivity index (χ0v) is 9.67. The predicted molar refractivity (Wildman–Crippen MR) is 60.6 cm³/mol. The van der Waals surface area contributed by atoms with E-state index in [0.717, 1.165) is 11.4 Å². The summed E-state index contributed by atoms with van der Waals surface area (Å²) in [5, 5.41) is 4.01. The molecule has 14 heavy (non-hydrogen) atoms. The molecule has 0 spiro atoms. The van der Waals surface area contributed by atoms with Gasteiger partial charge in [0.1, 0.15) is 0 Å². The molecule has 0 fully saturated rings. The van der Waals surface area contributed by atoms with Crippen LogP contribution < -0.4 is 5.32 Å². The van der Waals surface area contributed by atoms with Gasteiger partial charge in [-0.2, -0.15) is 0 Å². The Bertz CT molecular complexity index is 288. The van der Waals surface area contributed by atoms with Crippen LogP contribution in [0.25, 0.3) is 0 Å². The summed E-state index contributed by atoms with van der Waals surface area (Å²) in [5.74, 6) is 0.569. The van der Waals surface area contributed by atoms with Gasteiger partial charge < -0.3 is 5.32 Å². The van der Waals surface area contributed by atoms with Gasteiger partial charge in [-0.05, 0) is 37.9 Å². The van der Waals surface area contributed by atoms with Crippen LogP contribution >= 0.6 is 11.6 Å².